The number of benzene rings is 1. The van der Waals surface area contributed by atoms with Crippen molar-refractivity contribution in [3.05, 3.63) is 34.3 Å². The number of hydrogen-bond donors (Lipinski definition) is 1. The summed E-state index contributed by atoms with van der Waals surface area (Å²) < 4.78 is 1.17. The summed E-state index contributed by atoms with van der Waals surface area (Å²) in [6.07, 6.45) is 8.30. The maximum atomic E-state index is 3.80. The first-order valence-electron chi connectivity index (χ1n) is 7.70. The molecule has 0 bridgehead atoms. The summed E-state index contributed by atoms with van der Waals surface area (Å²) >= 11 is 3.55. The molecule has 1 atom stereocenters. The van der Waals surface area contributed by atoms with Crippen LogP contribution >= 0.6 is 15.9 Å². The molecule has 1 aromatic carbocycles. The first kappa shape index (κ1) is 15.1. The number of hydrogen-bond acceptors (Lipinski definition) is 1. The Balaban J connectivity index is 1.82. The fourth-order valence-electron chi connectivity index (χ4n) is 3.25. The van der Waals surface area contributed by atoms with E-state index in [1.54, 1.807) is 0 Å². The van der Waals surface area contributed by atoms with E-state index >= 15 is 0 Å². The summed E-state index contributed by atoms with van der Waals surface area (Å²) in [7, 11) is 0. The van der Waals surface area contributed by atoms with Crippen molar-refractivity contribution in [2.24, 2.45) is 5.92 Å². The van der Waals surface area contributed by atoms with Crippen molar-refractivity contribution >= 4 is 15.9 Å². The van der Waals surface area contributed by atoms with Crippen molar-refractivity contribution in [2.75, 3.05) is 0 Å². The molecule has 2 heteroatoms. The summed E-state index contributed by atoms with van der Waals surface area (Å²) in [5, 5.41) is 3.80. The molecule has 1 N–H and O–H groups in total. The highest BCUT2D eigenvalue weighted by molar-refractivity contribution is 9.10. The highest BCUT2D eigenvalue weighted by Crippen LogP contribution is 2.29. The topological polar surface area (TPSA) is 12.0 Å². The predicted octanol–water partition coefficient (Wildman–Crippen LogP) is 5.46. The number of halogens is 1. The Bertz CT molecular complexity index is 383. The lowest BCUT2D eigenvalue weighted by atomic mass is 9.83. The van der Waals surface area contributed by atoms with Gasteiger partial charge in [-0.1, -0.05) is 47.8 Å². The number of nitrogens with one attached hydrogen (secondary N) is 1. The molecule has 0 heterocycles. The van der Waals surface area contributed by atoms with Gasteiger partial charge in [0.15, 0.2) is 0 Å². The second kappa shape index (κ2) is 7.44. The lowest BCUT2D eigenvalue weighted by molar-refractivity contribution is 0.266. The average molecular weight is 324 g/mol. The summed E-state index contributed by atoms with van der Waals surface area (Å²) in [6.45, 7) is 4.58. The third kappa shape index (κ3) is 4.61. The molecule has 1 fully saturated rings. The highest BCUT2D eigenvalue weighted by atomic mass is 79.9. The molecule has 1 aromatic rings. The molecule has 0 aromatic heterocycles. The Hall–Kier alpha value is -0.340. The van der Waals surface area contributed by atoms with E-state index in [2.05, 4.69) is 59.4 Å². The Kier molecular flexibility index (Phi) is 5.90. The minimum absolute atomic E-state index is 0.449. The van der Waals surface area contributed by atoms with Gasteiger partial charge in [-0.3, -0.25) is 0 Å². The van der Waals surface area contributed by atoms with Gasteiger partial charge in [-0.2, -0.15) is 0 Å². The van der Waals surface area contributed by atoms with Gasteiger partial charge >= 0.3 is 0 Å². The fraction of sp³-hybridized carbons (Fsp3) is 0.647. The third-order valence-corrected chi connectivity index (χ3v) is 4.87. The van der Waals surface area contributed by atoms with E-state index in [-0.39, 0.29) is 0 Å². The lowest BCUT2D eigenvalue weighted by Gasteiger charge is -2.31. The van der Waals surface area contributed by atoms with Crippen LogP contribution in [-0.4, -0.2) is 6.04 Å². The summed E-state index contributed by atoms with van der Waals surface area (Å²) in [5.74, 6) is 0.990. The van der Waals surface area contributed by atoms with Gasteiger partial charge in [0, 0.05) is 16.6 Å². The van der Waals surface area contributed by atoms with Crippen LogP contribution in [0.2, 0.25) is 0 Å². The van der Waals surface area contributed by atoms with Gasteiger partial charge in [0.05, 0.1) is 0 Å². The van der Waals surface area contributed by atoms with E-state index in [0.717, 1.165) is 5.92 Å². The molecule has 1 unspecified atom stereocenters. The molecule has 0 spiro atoms. The Labute approximate surface area is 126 Å². The van der Waals surface area contributed by atoms with Crippen LogP contribution in [0.1, 0.15) is 64.0 Å². The van der Waals surface area contributed by atoms with Crippen molar-refractivity contribution in [1.82, 2.24) is 5.32 Å². The molecular weight excluding hydrogens is 298 g/mol. The van der Waals surface area contributed by atoms with Gasteiger partial charge in [0.2, 0.25) is 0 Å². The monoisotopic (exact) mass is 323 g/mol. The standard InChI is InChI=1S/C17H26BrN/c1-3-5-14-8-10-17(11-9-14)19-13(2)15-6-4-7-16(18)12-15/h4,6-7,12-14,17,19H,3,5,8-11H2,1-2H3. The van der Waals surface area contributed by atoms with Crippen molar-refractivity contribution in [1.29, 1.82) is 0 Å². The van der Waals surface area contributed by atoms with Crippen LogP contribution in [0.25, 0.3) is 0 Å². The molecule has 0 aliphatic heterocycles. The molecule has 0 amide bonds. The quantitative estimate of drug-likeness (QED) is 0.758. The van der Waals surface area contributed by atoms with Gasteiger partial charge in [-0.25, -0.2) is 0 Å². The van der Waals surface area contributed by atoms with Crippen LogP contribution in [0.3, 0.4) is 0 Å². The molecule has 1 aliphatic rings. The molecule has 1 aliphatic carbocycles. The number of rotatable bonds is 5. The zero-order valence-corrected chi connectivity index (χ0v) is 13.7. The van der Waals surface area contributed by atoms with Crippen LogP contribution < -0.4 is 5.32 Å². The molecule has 1 saturated carbocycles. The average Bonchev–Trinajstić information content (AvgIpc) is 2.41. The van der Waals surface area contributed by atoms with Crippen molar-refractivity contribution in [2.45, 2.75) is 64.5 Å². The molecule has 19 heavy (non-hydrogen) atoms. The summed E-state index contributed by atoms with van der Waals surface area (Å²) in [6, 6.07) is 9.81. The second-order valence-corrected chi connectivity index (χ2v) is 6.87. The van der Waals surface area contributed by atoms with Gasteiger partial charge in [-0.05, 0) is 56.2 Å². The normalized spacial score (nSPS) is 25.2. The molecule has 106 valence electrons. The zero-order valence-electron chi connectivity index (χ0n) is 12.2. The lowest BCUT2D eigenvalue weighted by Crippen LogP contribution is -2.35. The van der Waals surface area contributed by atoms with Crippen LogP contribution in [0.5, 0.6) is 0 Å². The van der Waals surface area contributed by atoms with E-state index in [9.17, 15) is 0 Å². The third-order valence-electron chi connectivity index (χ3n) is 4.38. The maximum Gasteiger partial charge on any atom is 0.0294 e. The van der Waals surface area contributed by atoms with Gasteiger partial charge in [0.25, 0.3) is 0 Å². The highest BCUT2D eigenvalue weighted by Gasteiger charge is 2.21. The van der Waals surface area contributed by atoms with Gasteiger partial charge < -0.3 is 5.32 Å². The van der Waals surface area contributed by atoms with Crippen molar-refractivity contribution in [3.8, 4) is 0 Å². The minimum atomic E-state index is 0.449. The van der Waals surface area contributed by atoms with Crippen LogP contribution in [-0.2, 0) is 0 Å². The van der Waals surface area contributed by atoms with Crippen LogP contribution in [0.15, 0.2) is 28.7 Å². The van der Waals surface area contributed by atoms with E-state index in [1.165, 1.54) is 48.6 Å². The smallest absolute Gasteiger partial charge is 0.0294 e. The maximum absolute atomic E-state index is 3.80. The Morgan fingerprint density at radius 2 is 2.00 bits per heavy atom. The van der Waals surface area contributed by atoms with Crippen LogP contribution in [0.4, 0.5) is 0 Å². The summed E-state index contributed by atoms with van der Waals surface area (Å²) in [5.41, 5.74) is 1.38. The largest absolute Gasteiger partial charge is 0.307 e. The van der Waals surface area contributed by atoms with E-state index in [4.69, 9.17) is 0 Å². The van der Waals surface area contributed by atoms with E-state index in [1.807, 2.05) is 0 Å². The first-order chi connectivity index (χ1) is 9.19. The first-order valence-corrected chi connectivity index (χ1v) is 8.50. The van der Waals surface area contributed by atoms with Gasteiger partial charge in [-0.15, -0.1) is 0 Å². The van der Waals surface area contributed by atoms with Crippen LogP contribution in [0, 0.1) is 5.92 Å². The Morgan fingerprint density at radius 1 is 1.26 bits per heavy atom. The minimum Gasteiger partial charge on any atom is -0.307 e. The molecule has 1 nitrogen and oxygen atoms in total. The molecule has 0 radical (unpaired) electrons. The molecule has 0 saturated heterocycles. The fourth-order valence-corrected chi connectivity index (χ4v) is 3.67. The van der Waals surface area contributed by atoms with Crippen molar-refractivity contribution < 1.29 is 0 Å². The zero-order chi connectivity index (χ0) is 13.7. The molecular formula is C17H26BrN. The SMILES string of the molecule is CCCC1CCC(NC(C)c2cccc(Br)c2)CC1. The predicted molar refractivity (Wildman–Crippen MR) is 86.3 cm³/mol. The van der Waals surface area contributed by atoms with Crippen molar-refractivity contribution in [3.63, 3.8) is 0 Å². The molecule has 2 rings (SSSR count). The Morgan fingerprint density at radius 3 is 2.63 bits per heavy atom. The van der Waals surface area contributed by atoms with E-state index < -0.39 is 0 Å². The summed E-state index contributed by atoms with van der Waals surface area (Å²) in [4.78, 5) is 0. The second-order valence-electron chi connectivity index (χ2n) is 5.95. The van der Waals surface area contributed by atoms with Gasteiger partial charge in [0.1, 0.15) is 0 Å². The van der Waals surface area contributed by atoms with E-state index in [0.29, 0.717) is 12.1 Å².